The fraction of sp³-hybridized carbons (Fsp3) is 0.429. The van der Waals surface area contributed by atoms with Crippen LogP contribution in [0.3, 0.4) is 0 Å². The highest BCUT2D eigenvalue weighted by Gasteiger charge is 2.66. The molecule has 2 aliphatic heterocycles. The van der Waals surface area contributed by atoms with E-state index in [1.165, 1.54) is 0 Å². The molecule has 1 aromatic carbocycles. The van der Waals surface area contributed by atoms with Crippen LogP contribution in [-0.2, 0) is 18.9 Å². The summed E-state index contributed by atoms with van der Waals surface area (Å²) in [5, 5.41) is 0. The molecule has 1 aromatic rings. The average molecular weight is 275 g/mol. The van der Waals surface area contributed by atoms with Gasteiger partial charge in [0.25, 0.3) is 0 Å². The van der Waals surface area contributed by atoms with Crippen molar-refractivity contribution in [2.45, 2.75) is 19.8 Å². The molecule has 106 valence electrons. The fourth-order valence-electron chi connectivity index (χ4n) is 3.24. The van der Waals surface area contributed by atoms with Crippen molar-refractivity contribution in [2.75, 3.05) is 20.1 Å². The van der Waals surface area contributed by atoms with Gasteiger partial charge in [0, 0.05) is 7.05 Å². The van der Waals surface area contributed by atoms with Gasteiger partial charge >= 0.3 is 18.6 Å². The lowest BCUT2D eigenvalue weighted by Crippen LogP contribution is -2.67. The predicted molar refractivity (Wildman–Crippen MR) is 74.0 cm³/mol. The van der Waals surface area contributed by atoms with Crippen LogP contribution in [-0.4, -0.2) is 43.2 Å². The first kappa shape index (κ1) is 13.2. The van der Waals surface area contributed by atoms with Crippen LogP contribution in [0.15, 0.2) is 24.3 Å². The Morgan fingerprint density at radius 3 is 2.30 bits per heavy atom. The molecule has 0 spiro atoms. The van der Waals surface area contributed by atoms with Gasteiger partial charge in [-0.25, -0.2) is 0 Å². The number of carbonyl (C=O) groups is 2. The maximum atomic E-state index is 11.8. The Labute approximate surface area is 118 Å². The zero-order valence-corrected chi connectivity index (χ0v) is 12.0. The molecule has 0 radical (unpaired) electrons. The Kier molecular flexibility index (Phi) is 2.69. The van der Waals surface area contributed by atoms with Gasteiger partial charge in [-0.05, 0) is 11.5 Å². The molecule has 0 atom stereocenters. The second kappa shape index (κ2) is 4.09. The maximum Gasteiger partial charge on any atom is 0.614 e. The van der Waals surface area contributed by atoms with Crippen molar-refractivity contribution < 1.29 is 23.3 Å². The molecule has 3 rings (SSSR count). The molecule has 0 aromatic heterocycles. The number of likely N-dealkylation sites (N-methyl/N-ethyl adjacent to an activating group) is 1. The summed E-state index contributed by atoms with van der Waals surface area (Å²) >= 11 is 0. The number of quaternary nitrogens is 1. The monoisotopic (exact) mass is 275 g/mol. The van der Waals surface area contributed by atoms with Gasteiger partial charge in [0.05, 0.1) is 0 Å². The third-order valence-electron chi connectivity index (χ3n) is 4.38. The van der Waals surface area contributed by atoms with Crippen LogP contribution < -0.4 is 5.46 Å². The second-order valence-electron chi connectivity index (χ2n) is 6.27. The number of benzene rings is 1. The smallest absolute Gasteiger partial charge is 0.596 e. The molecule has 2 saturated heterocycles. The average Bonchev–Trinajstić information content (AvgIpc) is 2.73. The van der Waals surface area contributed by atoms with E-state index in [1.54, 1.807) is 0 Å². The molecule has 0 unspecified atom stereocenters. The van der Waals surface area contributed by atoms with E-state index >= 15 is 0 Å². The van der Waals surface area contributed by atoms with E-state index < -0.39 is 6.69 Å². The van der Waals surface area contributed by atoms with Gasteiger partial charge in [0.15, 0.2) is 0 Å². The third-order valence-corrected chi connectivity index (χ3v) is 4.38. The van der Waals surface area contributed by atoms with E-state index in [2.05, 4.69) is 13.8 Å². The van der Waals surface area contributed by atoms with Gasteiger partial charge in [0.2, 0.25) is 0 Å². The van der Waals surface area contributed by atoms with E-state index in [9.17, 15) is 9.59 Å². The molecule has 0 aliphatic carbocycles. The van der Waals surface area contributed by atoms with Crippen LogP contribution in [0.2, 0.25) is 0 Å². The summed E-state index contributed by atoms with van der Waals surface area (Å²) in [6, 6.07) is 7.81. The standard InChI is InChI=1S/C14H18BNO4/c1-10(2)11-5-4-6-12(7-11)15-16(3,8-13(17)19-15)9-14(18)20-15/h4-7,10H,8-9H2,1-3H3. The summed E-state index contributed by atoms with van der Waals surface area (Å²) < 4.78 is 11.2. The Morgan fingerprint density at radius 2 is 1.75 bits per heavy atom. The Bertz CT molecular complexity index is 579. The molecule has 6 heteroatoms. The van der Waals surface area contributed by atoms with Crippen LogP contribution in [0, 0.1) is 0 Å². The van der Waals surface area contributed by atoms with Crippen molar-refractivity contribution in [2.24, 2.45) is 0 Å². The topological polar surface area (TPSA) is 52.6 Å². The Morgan fingerprint density at radius 1 is 1.15 bits per heavy atom. The van der Waals surface area contributed by atoms with Gasteiger partial charge < -0.3 is 13.7 Å². The SMILES string of the molecule is CC(C)c1cccc([B-]23OC(=O)C[N+]2(C)CC(=O)O3)c1. The largest absolute Gasteiger partial charge is 0.614 e. The molecule has 2 heterocycles. The van der Waals surface area contributed by atoms with Crippen LogP contribution >= 0.6 is 0 Å². The van der Waals surface area contributed by atoms with Crippen molar-refractivity contribution >= 4 is 24.1 Å². The van der Waals surface area contributed by atoms with E-state index in [4.69, 9.17) is 9.31 Å². The van der Waals surface area contributed by atoms with Gasteiger partial charge in [-0.1, -0.05) is 43.6 Å². The summed E-state index contributed by atoms with van der Waals surface area (Å²) in [6.07, 6.45) is 0. The molecule has 0 bridgehead atoms. The van der Waals surface area contributed by atoms with Gasteiger partial charge in [0.1, 0.15) is 13.1 Å². The van der Waals surface area contributed by atoms with Gasteiger partial charge in [-0.2, -0.15) is 0 Å². The summed E-state index contributed by atoms with van der Waals surface area (Å²) in [5.74, 6) is -0.264. The molecule has 0 saturated carbocycles. The van der Waals surface area contributed by atoms with E-state index in [1.807, 2.05) is 31.3 Å². The molecule has 0 N–H and O–H groups in total. The number of hydrogen-bond acceptors (Lipinski definition) is 4. The van der Waals surface area contributed by atoms with Crippen molar-refractivity contribution in [3.8, 4) is 0 Å². The van der Waals surface area contributed by atoms with E-state index in [0.29, 0.717) is 5.92 Å². The van der Waals surface area contributed by atoms with E-state index in [-0.39, 0.29) is 29.4 Å². The number of hydrogen-bond donors (Lipinski definition) is 0. The lowest BCUT2D eigenvalue weighted by molar-refractivity contribution is -0.791. The van der Waals surface area contributed by atoms with Crippen molar-refractivity contribution in [3.05, 3.63) is 29.8 Å². The molecule has 20 heavy (non-hydrogen) atoms. The number of nitrogens with zero attached hydrogens (tertiary/aromatic N) is 1. The first-order valence-corrected chi connectivity index (χ1v) is 6.89. The van der Waals surface area contributed by atoms with E-state index in [0.717, 1.165) is 11.0 Å². The summed E-state index contributed by atoms with van der Waals surface area (Å²) in [5.41, 5.74) is 1.92. The van der Waals surface area contributed by atoms with Crippen LogP contribution in [0.25, 0.3) is 0 Å². The minimum absolute atomic E-state index is 0.178. The summed E-state index contributed by atoms with van der Waals surface area (Å²) in [7, 11) is 1.85. The molecule has 0 amide bonds. The summed E-state index contributed by atoms with van der Waals surface area (Å²) in [6.45, 7) is 2.45. The number of rotatable bonds is 2. The highest BCUT2D eigenvalue weighted by molar-refractivity contribution is 6.79. The zero-order valence-electron chi connectivity index (χ0n) is 12.0. The van der Waals surface area contributed by atoms with Gasteiger partial charge in [-0.15, -0.1) is 0 Å². The van der Waals surface area contributed by atoms with Crippen LogP contribution in [0.5, 0.6) is 0 Å². The molecule has 2 aliphatic rings. The normalized spacial score (nSPS) is 32.2. The number of carbonyl (C=O) groups excluding carboxylic acids is 2. The highest BCUT2D eigenvalue weighted by Crippen LogP contribution is 2.33. The van der Waals surface area contributed by atoms with Crippen LogP contribution in [0.4, 0.5) is 0 Å². The Balaban J connectivity index is 2.13. The zero-order chi connectivity index (χ0) is 14.5. The lowest BCUT2D eigenvalue weighted by atomic mass is 9.60. The van der Waals surface area contributed by atoms with Crippen molar-refractivity contribution in [1.82, 2.24) is 0 Å². The highest BCUT2D eigenvalue weighted by atomic mass is 16.7. The second-order valence-corrected chi connectivity index (χ2v) is 6.27. The molecule has 5 nitrogen and oxygen atoms in total. The third kappa shape index (κ3) is 1.68. The van der Waals surface area contributed by atoms with Crippen LogP contribution in [0.1, 0.15) is 25.3 Å². The first-order valence-electron chi connectivity index (χ1n) is 6.89. The quantitative estimate of drug-likeness (QED) is 0.738. The number of fused-ring (bicyclic) bond motifs is 1. The predicted octanol–water partition coefficient (Wildman–Crippen LogP) is 0.516. The molecular weight excluding hydrogens is 257 g/mol. The molecule has 2 fully saturated rings. The maximum absolute atomic E-state index is 11.8. The van der Waals surface area contributed by atoms with Crippen molar-refractivity contribution in [1.29, 1.82) is 0 Å². The molecular formula is C14H18BNO4. The lowest BCUT2D eigenvalue weighted by Gasteiger charge is -2.40. The Hall–Kier alpha value is -1.82. The minimum Gasteiger partial charge on any atom is -0.596 e. The fourth-order valence-corrected chi connectivity index (χ4v) is 3.24. The van der Waals surface area contributed by atoms with Gasteiger partial charge in [-0.3, -0.25) is 9.59 Å². The first-order chi connectivity index (χ1) is 9.36. The minimum atomic E-state index is -2.10. The summed E-state index contributed by atoms with van der Waals surface area (Å²) in [4.78, 5) is 23.5. The van der Waals surface area contributed by atoms with Crippen molar-refractivity contribution in [3.63, 3.8) is 0 Å².